The van der Waals surface area contributed by atoms with Crippen molar-refractivity contribution in [1.29, 1.82) is 0 Å². The zero-order valence-electron chi connectivity index (χ0n) is 16.8. The standard InChI is InChI=1S/C22H27N5O2/c1-2-3-4-12-28-18-10-9-15-13-17(8-7-16(15)14-18)20-25-21(29-26-20)19-6-5-11-27(19)22(23)24/h7-10,13-14,19H,2-6,11-12H2,1H3,(H3,23,24)/p+1/t19-/m0/s1. The third kappa shape index (κ3) is 4.18. The molecular weight excluding hydrogens is 366 g/mol. The second kappa shape index (κ2) is 8.51. The van der Waals surface area contributed by atoms with Crippen molar-refractivity contribution in [3.05, 3.63) is 42.3 Å². The Kier molecular flexibility index (Phi) is 5.64. The van der Waals surface area contributed by atoms with Crippen LogP contribution in [0.2, 0.25) is 0 Å². The van der Waals surface area contributed by atoms with Crippen LogP contribution in [-0.4, -0.2) is 33.8 Å². The predicted octanol–water partition coefficient (Wildman–Crippen LogP) is 3.58. The Morgan fingerprint density at radius 2 is 2.00 bits per heavy atom. The zero-order valence-corrected chi connectivity index (χ0v) is 16.8. The number of guanidine groups is 1. The van der Waals surface area contributed by atoms with Crippen LogP contribution in [0.1, 0.15) is 51.0 Å². The Labute approximate surface area is 170 Å². The van der Waals surface area contributed by atoms with Crippen LogP contribution in [0.25, 0.3) is 22.2 Å². The largest absolute Gasteiger partial charge is 0.494 e. The number of aromatic nitrogens is 2. The van der Waals surface area contributed by atoms with Gasteiger partial charge < -0.3 is 9.26 Å². The molecule has 0 radical (unpaired) electrons. The first-order chi connectivity index (χ1) is 14.2. The van der Waals surface area contributed by atoms with E-state index >= 15 is 0 Å². The molecular formula is C22H28N5O2+. The van der Waals surface area contributed by atoms with Gasteiger partial charge in [-0.25, -0.2) is 0 Å². The van der Waals surface area contributed by atoms with Crippen molar-refractivity contribution in [2.45, 2.75) is 45.1 Å². The number of rotatable bonds is 7. The first-order valence-electron chi connectivity index (χ1n) is 10.3. The second-order valence-corrected chi connectivity index (χ2v) is 7.51. The van der Waals surface area contributed by atoms with Crippen LogP contribution in [0.15, 0.2) is 40.9 Å². The molecule has 152 valence electrons. The molecule has 0 unspecified atom stereocenters. The Hall–Kier alpha value is -3.09. The van der Waals surface area contributed by atoms with Crippen LogP contribution in [0.4, 0.5) is 0 Å². The monoisotopic (exact) mass is 394 g/mol. The maximum Gasteiger partial charge on any atom is 0.341 e. The minimum absolute atomic E-state index is 0.0471. The fraction of sp³-hybridized carbons (Fsp3) is 0.409. The highest BCUT2D eigenvalue weighted by Gasteiger charge is 2.31. The van der Waals surface area contributed by atoms with Gasteiger partial charge in [0.05, 0.1) is 13.2 Å². The molecule has 0 aliphatic carbocycles. The van der Waals surface area contributed by atoms with E-state index in [9.17, 15) is 0 Å². The summed E-state index contributed by atoms with van der Waals surface area (Å²) in [4.78, 5) is 4.61. The maximum absolute atomic E-state index is 5.85. The fourth-order valence-corrected chi connectivity index (χ4v) is 3.82. The number of ether oxygens (including phenoxy) is 1. The molecule has 0 spiro atoms. The molecule has 0 bridgehead atoms. The number of hydrogen-bond donors (Lipinski definition) is 2. The molecule has 7 heteroatoms. The van der Waals surface area contributed by atoms with Gasteiger partial charge in [0.2, 0.25) is 5.82 Å². The summed E-state index contributed by atoms with van der Waals surface area (Å²) in [6.07, 6.45) is 5.37. The van der Waals surface area contributed by atoms with Crippen LogP contribution < -0.4 is 16.2 Å². The number of fused-ring (bicyclic) bond motifs is 1. The van der Waals surface area contributed by atoms with Crippen LogP contribution in [0.5, 0.6) is 5.75 Å². The number of hydrogen-bond acceptors (Lipinski definition) is 4. The van der Waals surface area contributed by atoms with E-state index in [0.717, 1.165) is 54.5 Å². The van der Waals surface area contributed by atoms with Gasteiger partial charge in [-0.05, 0) is 48.2 Å². The Bertz CT molecular complexity index is 1020. The molecule has 2 aromatic carbocycles. The molecule has 2 heterocycles. The highest BCUT2D eigenvalue weighted by atomic mass is 16.5. The van der Waals surface area contributed by atoms with Crippen molar-refractivity contribution in [3.63, 3.8) is 0 Å². The lowest BCUT2D eigenvalue weighted by molar-refractivity contribution is -0.555. The molecule has 7 nitrogen and oxygen atoms in total. The summed E-state index contributed by atoms with van der Waals surface area (Å²) in [6, 6.07) is 12.2. The van der Waals surface area contributed by atoms with E-state index in [-0.39, 0.29) is 6.04 Å². The van der Waals surface area contributed by atoms with Gasteiger partial charge in [0.25, 0.3) is 5.89 Å². The molecule has 1 fully saturated rings. The lowest BCUT2D eigenvalue weighted by Gasteiger charge is -2.08. The highest BCUT2D eigenvalue weighted by molar-refractivity contribution is 5.87. The molecule has 1 aromatic heterocycles. The Morgan fingerprint density at radius 1 is 1.17 bits per heavy atom. The summed E-state index contributed by atoms with van der Waals surface area (Å²) in [5.74, 6) is 2.33. The van der Waals surface area contributed by atoms with Gasteiger partial charge in [-0.1, -0.05) is 43.1 Å². The summed E-state index contributed by atoms with van der Waals surface area (Å²) in [5.41, 5.74) is 12.5. The van der Waals surface area contributed by atoms with Crippen LogP contribution >= 0.6 is 0 Å². The maximum atomic E-state index is 5.85. The third-order valence-electron chi connectivity index (χ3n) is 5.40. The van der Waals surface area contributed by atoms with Crippen molar-refractivity contribution in [3.8, 4) is 17.1 Å². The summed E-state index contributed by atoms with van der Waals surface area (Å²) in [5, 5.41) is 6.41. The van der Waals surface area contributed by atoms with E-state index in [2.05, 4.69) is 41.3 Å². The Balaban J connectivity index is 1.53. The van der Waals surface area contributed by atoms with Gasteiger partial charge >= 0.3 is 5.96 Å². The van der Waals surface area contributed by atoms with E-state index < -0.39 is 0 Å². The van der Waals surface area contributed by atoms with Gasteiger partial charge in [-0.15, -0.1) is 0 Å². The van der Waals surface area contributed by atoms with E-state index in [1.807, 2.05) is 16.7 Å². The van der Waals surface area contributed by atoms with Gasteiger partial charge in [0.15, 0.2) is 6.04 Å². The summed E-state index contributed by atoms with van der Waals surface area (Å²) >= 11 is 0. The molecule has 3 aromatic rings. The quantitative estimate of drug-likeness (QED) is 0.361. The van der Waals surface area contributed by atoms with Crippen molar-refractivity contribution < 1.29 is 13.8 Å². The number of nitrogens with zero attached hydrogens (tertiary/aromatic N) is 3. The van der Waals surface area contributed by atoms with Gasteiger partial charge in [0.1, 0.15) is 5.75 Å². The van der Waals surface area contributed by atoms with E-state index in [4.69, 9.17) is 20.7 Å². The predicted molar refractivity (Wildman–Crippen MR) is 113 cm³/mol. The molecule has 0 amide bonds. The molecule has 4 N–H and O–H groups in total. The smallest absolute Gasteiger partial charge is 0.341 e. The van der Waals surface area contributed by atoms with Gasteiger partial charge in [0, 0.05) is 5.56 Å². The topological polar surface area (TPSA) is 103 Å². The van der Waals surface area contributed by atoms with Crippen molar-refractivity contribution in [2.24, 2.45) is 11.5 Å². The number of benzene rings is 2. The van der Waals surface area contributed by atoms with E-state index in [0.29, 0.717) is 17.7 Å². The summed E-state index contributed by atoms with van der Waals surface area (Å²) in [7, 11) is 0. The average Bonchev–Trinajstić information content (AvgIpc) is 3.40. The minimum Gasteiger partial charge on any atom is -0.494 e. The molecule has 1 atom stereocenters. The van der Waals surface area contributed by atoms with Crippen LogP contribution in [0, 0.1) is 0 Å². The summed E-state index contributed by atoms with van der Waals surface area (Å²) < 4.78 is 13.3. The SMILES string of the molecule is CCCCCOc1ccc2cc(-c3noc([C@@H]4CCC[N+]4=C(N)N)n3)ccc2c1. The van der Waals surface area contributed by atoms with Gasteiger partial charge in [-0.2, -0.15) is 4.98 Å². The number of unbranched alkanes of at least 4 members (excludes halogenated alkanes) is 2. The number of nitrogens with two attached hydrogens (primary N) is 2. The van der Waals surface area contributed by atoms with Crippen LogP contribution in [0.3, 0.4) is 0 Å². The fourth-order valence-electron chi connectivity index (χ4n) is 3.82. The van der Waals surface area contributed by atoms with Crippen molar-refractivity contribution >= 4 is 16.7 Å². The van der Waals surface area contributed by atoms with Crippen molar-refractivity contribution in [1.82, 2.24) is 10.1 Å². The first kappa shape index (κ1) is 19.2. The van der Waals surface area contributed by atoms with Crippen LogP contribution in [-0.2, 0) is 0 Å². The molecule has 1 saturated heterocycles. The average molecular weight is 394 g/mol. The van der Waals surface area contributed by atoms with Crippen molar-refractivity contribution in [2.75, 3.05) is 13.2 Å². The lowest BCUT2D eigenvalue weighted by Crippen LogP contribution is -2.35. The summed E-state index contributed by atoms with van der Waals surface area (Å²) in [6.45, 7) is 3.76. The minimum atomic E-state index is -0.0471. The molecule has 4 rings (SSSR count). The zero-order chi connectivity index (χ0) is 20.2. The second-order valence-electron chi connectivity index (χ2n) is 7.51. The van der Waals surface area contributed by atoms with E-state index in [1.165, 1.54) is 12.8 Å². The molecule has 29 heavy (non-hydrogen) atoms. The third-order valence-corrected chi connectivity index (χ3v) is 5.40. The normalized spacial score (nSPS) is 16.4. The van der Waals surface area contributed by atoms with E-state index in [1.54, 1.807) is 0 Å². The molecule has 1 aliphatic heterocycles. The molecule has 1 aliphatic rings. The van der Waals surface area contributed by atoms with Gasteiger partial charge in [-0.3, -0.25) is 16.0 Å². The first-order valence-corrected chi connectivity index (χ1v) is 10.3. The Morgan fingerprint density at radius 3 is 2.83 bits per heavy atom. The molecule has 0 saturated carbocycles. The lowest BCUT2D eigenvalue weighted by atomic mass is 10.1. The highest BCUT2D eigenvalue weighted by Crippen LogP contribution is 2.30.